The molecule has 0 unspecified atom stereocenters. The van der Waals surface area contributed by atoms with E-state index in [0.29, 0.717) is 13.0 Å². The molecule has 1 saturated heterocycles. The second-order valence-corrected chi connectivity index (χ2v) is 7.43. The van der Waals surface area contributed by atoms with Crippen LogP contribution in [0.5, 0.6) is 0 Å². The first kappa shape index (κ1) is 19.2. The van der Waals surface area contributed by atoms with Crippen molar-refractivity contribution in [2.45, 2.75) is 19.0 Å². The van der Waals surface area contributed by atoms with Gasteiger partial charge in [0.1, 0.15) is 0 Å². The Kier molecular flexibility index (Phi) is 5.86. The average molecular weight is 387 g/mol. The molecule has 0 bridgehead atoms. The number of benzene rings is 2. The molecular weight excluding hydrogens is 362 g/mol. The van der Waals surface area contributed by atoms with Crippen LogP contribution in [0.1, 0.15) is 11.1 Å². The van der Waals surface area contributed by atoms with Gasteiger partial charge in [0.15, 0.2) is 0 Å². The van der Waals surface area contributed by atoms with E-state index in [1.165, 1.54) is 5.56 Å². The van der Waals surface area contributed by atoms with Crippen molar-refractivity contribution in [1.29, 1.82) is 0 Å². The van der Waals surface area contributed by atoms with Crippen molar-refractivity contribution in [3.8, 4) is 11.3 Å². The van der Waals surface area contributed by atoms with Gasteiger partial charge in [0.2, 0.25) is 0 Å². The number of carbonyl (C=O) groups is 1. The fourth-order valence-corrected chi connectivity index (χ4v) is 4.06. The van der Waals surface area contributed by atoms with E-state index in [4.69, 9.17) is 0 Å². The zero-order chi connectivity index (χ0) is 20.1. The van der Waals surface area contributed by atoms with Gasteiger partial charge in [-0.05, 0) is 29.7 Å². The minimum absolute atomic E-state index is 0.0881. The highest BCUT2D eigenvalue weighted by Gasteiger charge is 2.31. The molecule has 3 aromatic rings. The van der Waals surface area contributed by atoms with E-state index in [2.05, 4.69) is 34.1 Å². The molecule has 1 aliphatic heterocycles. The Labute approximate surface area is 171 Å². The maximum absolute atomic E-state index is 11.9. The summed E-state index contributed by atoms with van der Waals surface area (Å²) in [5.74, 6) is 0. The van der Waals surface area contributed by atoms with Crippen LogP contribution >= 0.6 is 0 Å². The van der Waals surface area contributed by atoms with E-state index in [0.717, 1.165) is 36.5 Å². The smallest absolute Gasteiger partial charge is 0.407 e. The minimum atomic E-state index is -0.843. The van der Waals surface area contributed by atoms with Gasteiger partial charge < -0.3 is 10.0 Å². The van der Waals surface area contributed by atoms with Crippen LogP contribution in [0, 0.1) is 0 Å². The lowest BCUT2D eigenvalue weighted by molar-refractivity contribution is 0.0645. The molecule has 2 heterocycles. The van der Waals surface area contributed by atoms with E-state index in [-0.39, 0.29) is 6.04 Å². The number of rotatable bonds is 5. The van der Waals surface area contributed by atoms with Crippen LogP contribution in [-0.2, 0) is 13.0 Å². The van der Waals surface area contributed by atoms with E-state index in [1.54, 1.807) is 11.1 Å². The number of hydrogen-bond donors (Lipinski definition) is 1. The Hall–Kier alpha value is -3.18. The summed E-state index contributed by atoms with van der Waals surface area (Å²) < 4.78 is 0. The molecule has 1 N–H and O–H groups in total. The molecule has 148 valence electrons. The first-order valence-electron chi connectivity index (χ1n) is 9.96. The summed E-state index contributed by atoms with van der Waals surface area (Å²) in [5.41, 5.74) is 4.37. The molecule has 0 spiro atoms. The number of pyridine rings is 1. The summed E-state index contributed by atoms with van der Waals surface area (Å²) in [6.07, 6.45) is 1.62. The predicted octanol–water partition coefficient (Wildman–Crippen LogP) is 4.16. The highest BCUT2D eigenvalue weighted by molar-refractivity contribution is 5.67. The van der Waals surface area contributed by atoms with Crippen LogP contribution < -0.4 is 0 Å². The Morgan fingerprint density at radius 1 is 0.966 bits per heavy atom. The van der Waals surface area contributed by atoms with Gasteiger partial charge in [-0.15, -0.1) is 0 Å². The second kappa shape index (κ2) is 8.88. The molecule has 29 heavy (non-hydrogen) atoms. The molecule has 1 fully saturated rings. The van der Waals surface area contributed by atoms with Crippen LogP contribution in [0.4, 0.5) is 4.79 Å². The van der Waals surface area contributed by atoms with Gasteiger partial charge in [-0.1, -0.05) is 60.7 Å². The van der Waals surface area contributed by atoms with E-state index < -0.39 is 6.09 Å². The van der Waals surface area contributed by atoms with Crippen LogP contribution in [-0.4, -0.2) is 51.7 Å². The van der Waals surface area contributed by atoms with Crippen molar-refractivity contribution in [2.24, 2.45) is 0 Å². The first-order chi connectivity index (χ1) is 14.2. The number of amides is 1. The summed E-state index contributed by atoms with van der Waals surface area (Å²) in [4.78, 5) is 20.3. The van der Waals surface area contributed by atoms with Crippen molar-refractivity contribution in [2.75, 3.05) is 19.6 Å². The number of nitrogens with zero attached hydrogens (tertiary/aromatic N) is 3. The second-order valence-electron chi connectivity index (χ2n) is 7.43. The fraction of sp³-hybridized carbons (Fsp3) is 0.250. The standard InChI is InChI=1S/C24H25N3O2/c28-24(29)27-15-14-26(17-19-8-2-1-3-9-19)18-21(27)16-20-10-4-5-11-22(20)23-12-6-7-13-25-23/h1-13,21H,14-18H2,(H,28,29)/t21-/m1/s1. The molecule has 4 rings (SSSR count). The summed E-state index contributed by atoms with van der Waals surface area (Å²) in [6.45, 7) is 2.84. The van der Waals surface area contributed by atoms with Crippen LogP contribution in [0.25, 0.3) is 11.3 Å². The number of hydrogen-bond acceptors (Lipinski definition) is 3. The van der Waals surface area contributed by atoms with E-state index in [1.807, 2.05) is 48.5 Å². The summed E-state index contributed by atoms with van der Waals surface area (Å²) in [6, 6.07) is 24.3. The van der Waals surface area contributed by atoms with Crippen molar-refractivity contribution in [1.82, 2.24) is 14.8 Å². The van der Waals surface area contributed by atoms with Crippen molar-refractivity contribution >= 4 is 6.09 Å². The highest BCUT2D eigenvalue weighted by atomic mass is 16.4. The molecule has 5 nitrogen and oxygen atoms in total. The Morgan fingerprint density at radius 3 is 2.48 bits per heavy atom. The lowest BCUT2D eigenvalue weighted by Gasteiger charge is -2.40. The lowest BCUT2D eigenvalue weighted by Crippen LogP contribution is -2.55. The predicted molar refractivity (Wildman–Crippen MR) is 114 cm³/mol. The molecule has 1 aliphatic rings. The Bertz CT molecular complexity index is 947. The van der Waals surface area contributed by atoms with Gasteiger partial charge in [0.25, 0.3) is 0 Å². The zero-order valence-corrected chi connectivity index (χ0v) is 16.3. The summed E-state index contributed by atoms with van der Waals surface area (Å²) in [5, 5.41) is 9.74. The topological polar surface area (TPSA) is 56.7 Å². The van der Waals surface area contributed by atoms with Crippen molar-refractivity contribution in [3.63, 3.8) is 0 Å². The first-order valence-corrected chi connectivity index (χ1v) is 9.96. The van der Waals surface area contributed by atoms with Crippen LogP contribution in [0.2, 0.25) is 0 Å². The number of piperazine rings is 1. The fourth-order valence-electron chi connectivity index (χ4n) is 4.06. The molecule has 1 aromatic heterocycles. The van der Waals surface area contributed by atoms with Gasteiger partial charge in [0.05, 0.1) is 11.7 Å². The molecular formula is C24H25N3O2. The van der Waals surface area contributed by atoms with Crippen LogP contribution in [0.3, 0.4) is 0 Å². The van der Waals surface area contributed by atoms with Gasteiger partial charge in [-0.2, -0.15) is 0 Å². The maximum Gasteiger partial charge on any atom is 0.407 e. The molecule has 0 aliphatic carbocycles. The summed E-state index contributed by atoms with van der Waals surface area (Å²) >= 11 is 0. The third-order valence-corrected chi connectivity index (χ3v) is 5.48. The van der Waals surface area contributed by atoms with Gasteiger partial charge in [-0.25, -0.2) is 4.79 Å². The molecule has 0 radical (unpaired) electrons. The minimum Gasteiger partial charge on any atom is -0.465 e. The summed E-state index contributed by atoms with van der Waals surface area (Å²) in [7, 11) is 0. The quantitative estimate of drug-likeness (QED) is 0.714. The molecule has 1 atom stereocenters. The monoisotopic (exact) mass is 387 g/mol. The highest BCUT2D eigenvalue weighted by Crippen LogP contribution is 2.25. The Balaban J connectivity index is 1.56. The third kappa shape index (κ3) is 4.63. The third-order valence-electron chi connectivity index (χ3n) is 5.48. The van der Waals surface area contributed by atoms with Crippen LogP contribution in [0.15, 0.2) is 79.0 Å². The maximum atomic E-state index is 11.9. The molecule has 5 heteroatoms. The molecule has 1 amide bonds. The molecule has 2 aromatic carbocycles. The largest absolute Gasteiger partial charge is 0.465 e. The normalized spacial score (nSPS) is 17.2. The van der Waals surface area contributed by atoms with Gasteiger partial charge in [0, 0.05) is 37.9 Å². The zero-order valence-electron chi connectivity index (χ0n) is 16.3. The van der Waals surface area contributed by atoms with E-state index >= 15 is 0 Å². The number of carboxylic acid groups (broad SMARTS) is 1. The number of aromatic nitrogens is 1. The SMILES string of the molecule is O=C(O)N1CCN(Cc2ccccc2)C[C@H]1Cc1ccccc1-c1ccccn1. The van der Waals surface area contributed by atoms with Gasteiger partial charge >= 0.3 is 6.09 Å². The Morgan fingerprint density at radius 2 is 1.72 bits per heavy atom. The average Bonchev–Trinajstić information content (AvgIpc) is 2.75. The lowest BCUT2D eigenvalue weighted by atomic mass is 9.96. The van der Waals surface area contributed by atoms with Crippen molar-refractivity contribution < 1.29 is 9.90 Å². The van der Waals surface area contributed by atoms with E-state index in [9.17, 15) is 9.90 Å². The van der Waals surface area contributed by atoms with Crippen molar-refractivity contribution in [3.05, 3.63) is 90.1 Å². The van der Waals surface area contributed by atoms with Gasteiger partial charge in [-0.3, -0.25) is 9.88 Å². The molecule has 0 saturated carbocycles.